The number of nitrogens with one attached hydrogen (secondary N) is 1. The first-order chi connectivity index (χ1) is 7.54. The van der Waals surface area contributed by atoms with Crippen molar-refractivity contribution in [2.24, 2.45) is 17.7 Å². The van der Waals surface area contributed by atoms with Gasteiger partial charge in [0.1, 0.15) is 0 Å². The summed E-state index contributed by atoms with van der Waals surface area (Å²) < 4.78 is 0. The Kier molecular flexibility index (Phi) is 4.97. The van der Waals surface area contributed by atoms with Crippen LogP contribution in [-0.4, -0.2) is 6.04 Å². The molecular formula is C14H24N2. The molecule has 0 saturated carbocycles. The molecule has 0 aliphatic rings. The lowest BCUT2D eigenvalue weighted by Gasteiger charge is -2.26. The largest absolute Gasteiger partial charge is 0.271 e. The van der Waals surface area contributed by atoms with Crippen molar-refractivity contribution in [2.75, 3.05) is 0 Å². The molecular weight excluding hydrogens is 196 g/mol. The molecule has 0 saturated heterocycles. The monoisotopic (exact) mass is 220 g/mol. The summed E-state index contributed by atoms with van der Waals surface area (Å²) in [6.45, 7) is 8.84. The third-order valence-electron chi connectivity index (χ3n) is 3.48. The average Bonchev–Trinajstić information content (AvgIpc) is 2.27. The molecule has 0 spiro atoms. The molecule has 2 unspecified atom stereocenters. The van der Waals surface area contributed by atoms with E-state index in [1.54, 1.807) is 0 Å². The Hall–Kier alpha value is -0.860. The second-order valence-electron chi connectivity index (χ2n) is 5.07. The van der Waals surface area contributed by atoms with Crippen LogP contribution in [0.4, 0.5) is 0 Å². The van der Waals surface area contributed by atoms with Gasteiger partial charge in [0, 0.05) is 6.04 Å². The summed E-state index contributed by atoms with van der Waals surface area (Å²) >= 11 is 0. The van der Waals surface area contributed by atoms with Gasteiger partial charge >= 0.3 is 0 Å². The molecule has 2 heteroatoms. The quantitative estimate of drug-likeness (QED) is 0.591. The van der Waals surface area contributed by atoms with Crippen LogP contribution in [0.25, 0.3) is 0 Å². The first-order valence-electron chi connectivity index (χ1n) is 6.06. The van der Waals surface area contributed by atoms with E-state index in [1.807, 2.05) is 0 Å². The van der Waals surface area contributed by atoms with Gasteiger partial charge in [0.25, 0.3) is 0 Å². The highest BCUT2D eigenvalue weighted by molar-refractivity contribution is 5.22. The maximum atomic E-state index is 5.64. The van der Waals surface area contributed by atoms with Gasteiger partial charge in [-0.25, -0.2) is 0 Å². The number of benzene rings is 1. The highest BCUT2D eigenvalue weighted by Crippen LogP contribution is 2.18. The van der Waals surface area contributed by atoms with Crippen LogP contribution < -0.4 is 11.3 Å². The van der Waals surface area contributed by atoms with Crippen molar-refractivity contribution in [3.05, 3.63) is 35.4 Å². The Morgan fingerprint density at radius 3 is 2.12 bits per heavy atom. The van der Waals surface area contributed by atoms with E-state index in [4.69, 9.17) is 5.84 Å². The highest BCUT2D eigenvalue weighted by Gasteiger charge is 2.19. The minimum atomic E-state index is 0.350. The molecule has 3 N–H and O–H groups in total. The molecule has 2 atom stereocenters. The first-order valence-corrected chi connectivity index (χ1v) is 6.06. The van der Waals surface area contributed by atoms with E-state index in [2.05, 4.69) is 57.4 Å². The fraction of sp³-hybridized carbons (Fsp3) is 0.571. The molecule has 2 nitrogen and oxygen atoms in total. The standard InChI is InChI=1S/C14H24N2/c1-10(2)12(4)14(16-15)9-13-7-5-11(3)6-8-13/h5-8,10,12,14,16H,9,15H2,1-4H3. The van der Waals surface area contributed by atoms with Gasteiger partial charge in [-0.2, -0.15) is 0 Å². The van der Waals surface area contributed by atoms with Gasteiger partial charge in [0.05, 0.1) is 0 Å². The molecule has 0 heterocycles. The fourth-order valence-electron chi connectivity index (χ4n) is 1.84. The van der Waals surface area contributed by atoms with Crippen LogP contribution in [0.5, 0.6) is 0 Å². The van der Waals surface area contributed by atoms with Crippen LogP contribution in [0, 0.1) is 18.8 Å². The zero-order valence-corrected chi connectivity index (χ0v) is 10.8. The van der Waals surface area contributed by atoms with Gasteiger partial charge in [-0.1, -0.05) is 50.6 Å². The summed E-state index contributed by atoms with van der Waals surface area (Å²) in [4.78, 5) is 0. The zero-order chi connectivity index (χ0) is 12.1. The molecule has 0 amide bonds. The summed E-state index contributed by atoms with van der Waals surface area (Å²) in [5, 5.41) is 0. The van der Waals surface area contributed by atoms with E-state index < -0.39 is 0 Å². The summed E-state index contributed by atoms with van der Waals surface area (Å²) in [5.74, 6) is 6.86. The Labute approximate surface area is 99.2 Å². The van der Waals surface area contributed by atoms with E-state index in [-0.39, 0.29) is 0 Å². The van der Waals surface area contributed by atoms with Gasteiger partial charge in [0.2, 0.25) is 0 Å². The number of hydrazine groups is 1. The number of rotatable bonds is 5. The minimum absolute atomic E-state index is 0.350. The second kappa shape index (κ2) is 6.02. The summed E-state index contributed by atoms with van der Waals surface area (Å²) in [7, 11) is 0. The Bertz CT molecular complexity index is 303. The number of hydrogen-bond donors (Lipinski definition) is 2. The summed E-state index contributed by atoms with van der Waals surface area (Å²) in [5.41, 5.74) is 5.60. The number of nitrogens with two attached hydrogens (primary N) is 1. The van der Waals surface area contributed by atoms with E-state index in [9.17, 15) is 0 Å². The smallest absolute Gasteiger partial charge is 0.0278 e. The van der Waals surface area contributed by atoms with Crippen LogP contribution in [0.1, 0.15) is 31.9 Å². The lowest BCUT2D eigenvalue weighted by Crippen LogP contribution is -2.43. The maximum absolute atomic E-state index is 5.64. The van der Waals surface area contributed by atoms with Gasteiger partial charge in [0.15, 0.2) is 0 Å². The van der Waals surface area contributed by atoms with Crippen LogP contribution in [0.3, 0.4) is 0 Å². The molecule has 0 radical (unpaired) electrons. The van der Waals surface area contributed by atoms with Crippen LogP contribution in [-0.2, 0) is 6.42 Å². The lowest BCUT2D eigenvalue weighted by atomic mass is 9.87. The third kappa shape index (κ3) is 3.62. The van der Waals surface area contributed by atoms with Gasteiger partial charge in [-0.3, -0.25) is 11.3 Å². The van der Waals surface area contributed by atoms with Crippen molar-refractivity contribution < 1.29 is 0 Å². The third-order valence-corrected chi connectivity index (χ3v) is 3.48. The van der Waals surface area contributed by atoms with Crippen molar-refractivity contribution in [3.8, 4) is 0 Å². The molecule has 1 aromatic carbocycles. The lowest BCUT2D eigenvalue weighted by molar-refractivity contribution is 0.299. The SMILES string of the molecule is Cc1ccc(CC(NN)C(C)C(C)C)cc1. The predicted octanol–water partition coefficient (Wildman–Crippen LogP) is 2.66. The average molecular weight is 220 g/mol. The normalized spacial score (nSPS) is 15.1. The van der Waals surface area contributed by atoms with Crippen molar-refractivity contribution in [1.29, 1.82) is 0 Å². The fourth-order valence-corrected chi connectivity index (χ4v) is 1.84. The summed E-state index contributed by atoms with van der Waals surface area (Å²) in [6, 6.07) is 9.04. The van der Waals surface area contributed by atoms with Crippen LogP contribution >= 0.6 is 0 Å². The molecule has 0 aliphatic carbocycles. The van der Waals surface area contributed by atoms with Crippen molar-refractivity contribution in [1.82, 2.24) is 5.43 Å². The van der Waals surface area contributed by atoms with Gasteiger partial charge in [-0.05, 0) is 30.7 Å². The second-order valence-corrected chi connectivity index (χ2v) is 5.07. The molecule has 16 heavy (non-hydrogen) atoms. The van der Waals surface area contributed by atoms with E-state index in [1.165, 1.54) is 11.1 Å². The van der Waals surface area contributed by atoms with Crippen molar-refractivity contribution >= 4 is 0 Å². The Balaban J connectivity index is 2.66. The van der Waals surface area contributed by atoms with Gasteiger partial charge < -0.3 is 0 Å². The summed E-state index contributed by atoms with van der Waals surface area (Å²) in [6.07, 6.45) is 0.996. The highest BCUT2D eigenvalue weighted by atomic mass is 15.2. The van der Waals surface area contributed by atoms with Gasteiger partial charge in [-0.15, -0.1) is 0 Å². The number of aryl methyl sites for hydroxylation is 1. The Morgan fingerprint density at radius 2 is 1.69 bits per heavy atom. The first kappa shape index (κ1) is 13.2. The molecule has 0 aromatic heterocycles. The van der Waals surface area contributed by atoms with Crippen LogP contribution in [0.15, 0.2) is 24.3 Å². The molecule has 1 aromatic rings. The zero-order valence-electron chi connectivity index (χ0n) is 10.8. The van der Waals surface area contributed by atoms with E-state index in [0.29, 0.717) is 17.9 Å². The van der Waals surface area contributed by atoms with E-state index in [0.717, 1.165) is 6.42 Å². The molecule has 90 valence electrons. The molecule has 0 aliphatic heterocycles. The van der Waals surface area contributed by atoms with Crippen molar-refractivity contribution in [3.63, 3.8) is 0 Å². The predicted molar refractivity (Wildman–Crippen MR) is 70.0 cm³/mol. The van der Waals surface area contributed by atoms with Crippen molar-refractivity contribution in [2.45, 2.75) is 40.2 Å². The minimum Gasteiger partial charge on any atom is -0.271 e. The topological polar surface area (TPSA) is 38.0 Å². The molecule has 1 rings (SSSR count). The number of hydrogen-bond acceptors (Lipinski definition) is 2. The van der Waals surface area contributed by atoms with Crippen LogP contribution in [0.2, 0.25) is 0 Å². The Morgan fingerprint density at radius 1 is 1.12 bits per heavy atom. The molecule has 0 bridgehead atoms. The molecule has 0 fully saturated rings. The maximum Gasteiger partial charge on any atom is 0.0278 e. The van der Waals surface area contributed by atoms with E-state index >= 15 is 0 Å².